The molecule has 1 aromatic carbocycles. The van der Waals surface area contributed by atoms with Crippen molar-refractivity contribution in [3.8, 4) is 0 Å². The van der Waals surface area contributed by atoms with Gasteiger partial charge in [0.2, 0.25) is 0 Å². The normalized spacial score (nSPS) is 28.6. The monoisotopic (exact) mass is 333 g/mol. The third-order valence-corrected chi connectivity index (χ3v) is 6.32. The molecule has 5 heteroatoms. The molecule has 0 radical (unpaired) electrons. The molecule has 4 nitrogen and oxygen atoms in total. The second kappa shape index (κ2) is 6.62. The Bertz CT molecular complexity index is 558. The van der Waals surface area contributed by atoms with E-state index >= 15 is 0 Å². The van der Waals surface area contributed by atoms with Crippen LogP contribution in [0.15, 0.2) is 24.3 Å². The molecule has 24 heavy (non-hydrogen) atoms. The average Bonchev–Trinajstić information content (AvgIpc) is 3.09. The average molecular weight is 333 g/mol. The highest BCUT2D eigenvalue weighted by molar-refractivity contribution is 5.47. The Morgan fingerprint density at radius 3 is 2.58 bits per heavy atom. The van der Waals surface area contributed by atoms with Crippen molar-refractivity contribution in [1.29, 1.82) is 0 Å². The molecule has 3 aliphatic heterocycles. The molecule has 0 aliphatic carbocycles. The van der Waals surface area contributed by atoms with Gasteiger partial charge in [0.15, 0.2) is 0 Å². The molecule has 132 valence electrons. The maximum absolute atomic E-state index is 13.1. The van der Waals surface area contributed by atoms with Gasteiger partial charge in [-0.3, -0.25) is 9.80 Å². The summed E-state index contributed by atoms with van der Waals surface area (Å²) in [6.45, 7) is 7.37. The molecule has 3 saturated heterocycles. The molecule has 1 unspecified atom stereocenters. The number of anilines is 1. The minimum Gasteiger partial charge on any atom is -0.381 e. The molecule has 1 aromatic rings. The van der Waals surface area contributed by atoms with E-state index in [1.54, 1.807) is 12.1 Å². The minimum atomic E-state index is -0.157. The van der Waals surface area contributed by atoms with Crippen molar-refractivity contribution >= 4 is 5.69 Å². The molecule has 1 atom stereocenters. The van der Waals surface area contributed by atoms with Crippen molar-refractivity contribution in [3.63, 3.8) is 0 Å². The number of rotatable bonds is 2. The summed E-state index contributed by atoms with van der Waals surface area (Å²) in [6.07, 6.45) is 3.50. The van der Waals surface area contributed by atoms with Crippen LogP contribution in [-0.2, 0) is 4.74 Å². The van der Waals surface area contributed by atoms with Gasteiger partial charge < -0.3 is 9.64 Å². The molecular weight excluding hydrogens is 305 g/mol. The molecule has 0 amide bonds. The number of likely N-dealkylation sites (N-methyl/N-ethyl adjacent to an activating group) is 1. The maximum atomic E-state index is 13.1. The van der Waals surface area contributed by atoms with Crippen LogP contribution in [0.5, 0.6) is 0 Å². The summed E-state index contributed by atoms with van der Waals surface area (Å²) in [6, 6.07) is 7.55. The first-order valence-electron chi connectivity index (χ1n) is 9.20. The summed E-state index contributed by atoms with van der Waals surface area (Å²) in [5.41, 5.74) is 1.45. The maximum Gasteiger partial charge on any atom is 0.123 e. The number of ether oxygens (including phenoxy) is 1. The van der Waals surface area contributed by atoms with Gasteiger partial charge in [0.1, 0.15) is 5.82 Å². The van der Waals surface area contributed by atoms with Crippen LogP contribution in [0.3, 0.4) is 0 Å². The fourth-order valence-electron chi connectivity index (χ4n) is 4.62. The summed E-state index contributed by atoms with van der Waals surface area (Å²) < 4.78 is 18.7. The van der Waals surface area contributed by atoms with E-state index in [1.165, 1.54) is 6.42 Å². The van der Waals surface area contributed by atoms with Crippen LogP contribution in [0.1, 0.15) is 19.3 Å². The predicted octanol–water partition coefficient (Wildman–Crippen LogP) is 2.20. The SMILES string of the molecule is CN1CCN(C2CCN(c3ccc(F)cc3)C2)CC12CCOCC2. The van der Waals surface area contributed by atoms with Gasteiger partial charge >= 0.3 is 0 Å². The van der Waals surface area contributed by atoms with Crippen LogP contribution >= 0.6 is 0 Å². The Morgan fingerprint density at radius 2 is 1.83 bits per heavy atom. The summed E-state index contributed by atoms with van der Waals surface area (Å²) in [7, 11) is 2.28. The highest BCUT2D eigenvalue weighted by Gasteiger charge is 2.43. The number of hydrogen-bond acceptors (Lipinski definition) is 4. The lowest BCUT2D eigenvalue weighted by Gasteiger charge is -2.52. The number of nitrogens with zero attached hydrogens (tertiary/aromatic N) is 3. The Labute approximate surface area is 144 Å². The molecule has 4 rings (SSSR count). The summed E-state index contributed by atoms with van der Waals surface area (Å²) in [5, 5.41) is 0. The summed E-state index contributed by atoms with van der Waals surface area (Å²) in [4.78, 5) is 7.67. The first kappa shape index (κ1) is 16.3. The number of benzene rings is 1. The number of hydrogen-bond donors (Lipinski definition) is 0. The first-order chi connectivity index (χ1) is 11.7. The topological polar surface area (TPSA) is 19.0 Å². The van der Waals surface area contributed by atoms with Gasteiger partial charge in [0.05, 0.1) is 0 Å². The largest absolute Gasteiger partial charge is 0.381 e. The first-order valence-corrected chi connectivity index (χ1v) is 9.20. The second-order valence-electron chi connectivity index (χ2n) is 7.59. The van der Waals surface area contributed by atoms with E-state index in [0.717, 1.165) is 64.5 Å². The van der Waals surface area contributed by atoms with Crippen molar-refractivity contribution in [2.75, 3.05) is 57.9 Å². The van der Waals surface area contributed by atoms with Crippen LogP contribution in [0.4, 0.5) is 10.1 Å². The van der Waals surface area contributed by atoms with Crippen molar-refractivity contribution in [2.45, 2.75) is 30.8 Å². The predicted molar refractivity (Wildman–Crippen MR) is 94.0 cm³/mol. The van der Waals surface area contributed by atoms with Gasteiger partial charge in [-0.05, 0) is 50.6 Å². The van der Waals surface area contributed by atoms with E-state index in [0.29, 0.717) is 11.6 Å². The van der Waals surface area contributed by atoms with Crippen molar-refractivity contribution in [1.82, 2.24) is 9.80 Å². The molecule has 0 aromatic heterocycles. The van der Waals surface area contributed by atoms with E-state index in [2.05, 4.69) is 21.7 Å². The van der Waals surface area contributed by atoms with Crippen LogP contribution < -0.4 is 4.90 Å². The Balaban J connectivity index is 1.42. The van der Waals surface area contributed by atoms with E-state index in [1.807, 2.05) is 12.1 Å². The quantitative estimate of drug-likeness (QED) is 0.826. The smallest absolute Gasteiger partial charge is 0.123 e. The fraction of sp³-hybridized carbons (Fsp3) is 0.684. The zero-order chi connectivity index (χ0) is 16.6. The number of halogens is 1. The highest BCUT2D eigenvalue weighted by Crippen LogP contribution is 2.33. The zero-order valence-corrected chi connectivity index (χ0v) is 14.6. The lowest BCUT2D eigenvalue weighted by atomic mass is 9.85. The van der Waals surface area contributed by atoms with E-state index < -0.39 is 0 Å². The van der Waals surface area contributed by atoms with Gasteiger partial charge in [-0.2, -0.15) is 0 Å². The third kappa shape index (κ3) is 3.05. The molecule has 3 fully saturated rings. The van der Waals surface area contributed by atoms with Crippen molar-refractivity contribution in [2.24, 2.45) is 0 Å². The Kier molecular flexibility index (Phi) is 4.50. The van der Waals surface area contributed by atoms with Crippen molar-refractivity contribution in [3.05, 3.63) is 30.1 Å². The van der Waals surface area contributed by atoms with Crippen LogP contribution in [0, 0.1) is 5.82 Å². The van der Waals surface area contributed by atoms with Crippen molar-refractivity contribution < 1.29 is 9.13 Å². The fourth-order valence-corrected chi connectivity index (χ4v) is 4.62. The Hall–Kier alpha value is -1.17. The molecule has 0 saturated carbocycles. The summed E-state index contributed by atoms with van der Waals surface area (Å²) in [5.74, 6) is -0.157. The third-order valence-electron chi connectivity index (χ3n) is 6.32. The Morgan fingerprint density at radius 1 is 1.08 bits per heavy atom. The second-order valence-corrected chi connectivity index (χ2v) is 7.59. The van der Waals surface area contributed by atoms with E-state index in [4.69, 9.17) is 4.74 Å². The molecule has 0 bridgehead atoms. The lowest BCUT2D eigenvalue weighted by Crippen LogP contribution is -2.64. The minimum absolute atomic E-state index is 0.157. The zero-order valence-electron chi connectivity index (χ0n) is 14.6. The standard InChI is InChI=1S/C19H28FN3O/c1-21-10-11-23(15-19(21)7-12-24-13-8-19)18-6-9-22(14-18)17-4-2-16(20)3-5-17/h2-5,18H,6-15H2,1H3. The van der Waals surface area contributed by atoms with Crippen LogP contribution in [-0.4, -0.2) is 74.4 Å². The van der Waals surface area contributed by atoms with Gasteiger partial charge in [0, 0.05) is 63.2 Å². The van der Waals surface area contributed by atoms with Gasteiger partial charge in [0.25, 0.3) is 0 Å². The molecule has 0 N–H and O–H groups in total. The molecular formula is C19H28FN3O. The van der Waals surface area contributed by atoms with Crippen LogP contribution in [0.25, 0.3) is 0 Å². The van der Waals surface area contributed by atoms with E-state index in [9.17, 15) is 4.39 Å². The number of piperazine rings is 1. The molecule has 3 aliphatic rings. The van der Waals surface area contributed by atoms with Gasteiger partial charge in [-0.15, -0.1) is 0 Å². The lowest BCUT2D eigenvalue weighted by molar-refractivity contribution is -0.0681. The molecule has 3 heterocycles. The molecule has 1 spiro atoms. The summed E-state index contributed by atoms with van der Waals surface area (Å²) >= 11 is 0. The van der Waals surface area contributed by atoms with Gasteiger partial charge in [-0.25, -0.2) is 4.39 Å². The van der Waals surface area contributed by atoms with Gasteiger partial charge in [-0.1, -0.05) is 0 Å². The van der Waals surface area contributed by atoms with E-state index in [-0.39, 0.29) is 5.82 Å². The van der Waals surface area contributed by atoms with Crippen LogP contribution in [0.2, 0.25) is 0 Å². The highest BCUT2D eigenvalue weighted by atomic mass is 19.1.